The fraction of sp³-hybridized carbons (Fsp3) is 0.700. The summed E-state index contributed by atoms with van der Waals surface area (Å²) in [4.78, 5) is 23.8. The van der Waals surface area contributed by atoms with Gasteiger partial charge in [0.25, 0.3) is 5.56 Å². The number of thiocarbonyl (C=S) groups is 1. The Labute approximate surface area is 183 Å². The van der Waals surface area contributed by atoms with Gasteiger partial charge in [-0.1, -0.05) is 27.7 Å². The van der Waals surface area contributed by atoms with Crippen LogP contribution in [0, 0.1) is 6.92 Å². The number of fused-ring (bicyclic) bond motifs is 1. The lowest BCUT2D eigenvalue weighted by Gasteiger charge is -2.40. The van der Waals surface area contributed by atoms with Gasteiger partial charge in [0.15, 0.2) is 36.9 Å². The Morgan fingerprint density at radius 3 is 2.60 bits per heavy atom. The van der Waals surface area contributed by atoms with Crippen LogP contribution in [0.2, 0.25) is 18.1 Å². The first kappa shape index (κ1) is 23.0. The van der Waals surface area contributed by atoms with Crippen molar-refractivity contribution in [2.45, 2.75) is 90.6 Å². The van der Waals surface area contributed by atoms with Crippen LogP contribution in [0.15, 0.2) is 11.1 Å². The predicted molar refractivity (Wildman–Crippen MR) is 122 cm³/mol. The molecule has 0 spiro atoms. The monoisotopic (exact) mass is 452 g/mol. The predicted octanol–water partition coefficient (Wildman–Crippen LogP) is 3.86. The molecule has 1 aliphatic rings. The van der Waals surface area contributed by atoms with Crippen LogP contribution in [-0.4, -0.2) is 51.2 Å². The number of rotatable bonds is 5. The van der Waals surface area contributed by atoms with Gasteiger partial charge in [0.05, 0.1) is 12.4 Å². The standard InChI is InChI=1S/C20H32N4O4SSi/c1-9-13-15(26-12(3)29)16(28-30(7,8)20(4,5)6)19(27-13)24-10-21-14-17(24)22-11(2)23-18(14)25/h10,13,15-16,19H,9H2,1-8H3,(H,22,23,25)/t13-,15?,16+,19-/m1/s1. The highest BCUT2D eigenvalue weighted by atomic mass is 32.1. The van der Waals surface area contributed by atoms with Crippen molar-refractivity contribution in [3.8, 4) is 0 Å². The first-order valence-corrected chi connectivity index (χ1v) is 13.6. The van der Waals surface area contributed by atoms with E-state index in [1.165, 1.54) is 0 Å². The van der Waals surface area contributed by atoms with E-state index < -0.39 is 20.6 Å². The summed E-state index contributed by atoms with van der Waals surface area (Å²) in [5.74, 6) is 0.517. The summed E-state index contributed by atoms with van der Waals surface area (Å²) in [5.41, 5.74) is 0.476. The second-order valence-corrected chi connectivity index (χ2v) is 14.7. The molecule has 0 saturated carbocycles. The van der Waals surface area contributed by atoms with Gasteiger partial charge >= 0.3 is 0 Å². The number of aromatic amines is 1. The Morgan fingerprint density at radius 2 is 2.03 bits per heavy atom. The number of aryl methyl sites for hydroxylation is 1. The normalized spacial score (nSPS) is 25.1. The van der Waals surface area contributed by atoms with Gasteiger partial charge in [-0.05, 0) is 43.7 Å². The number of hydrogen-bond donors (Lipinski definition) is 1. The van der Waals surface area contributed by atoms with E-state index in [1.54, 1.807) is 24.7 Å². The van der Waals surface area contributed by atoms with Crippen LogP contribution in [0.5, 0.6) is 0 Å². The minimum Gasteiger partial charge on any atom is -0.479 e. The van der Waals surface area contributed by atoms with Crippen LogP contribution in [0.3, 0.4) is 0 Å². The molecule has 3 heterocycles. The average Bonchev–Trinajstić information content (AvgIpc) is 3.15. The van der Waals surface area contributed by atoms with Crippen molar-refractivity contribution in [1.82, 2.24) is 19.5 Å². The minimum absolute atomic E-state index is 0.00210. The molecule has 10 heteroatoms. The zero-order chi connectivity index (χ0) is 22.4. The first-order valence-electron chi connectivity index (χ1n) is 10.3. The maximum Gasteiger partial charge on any atom is 0.279 e. The maximum atomic E-state index is 12.3. The zero-order valence-electron chi connectivity index (χ0n) is 19.0. The van der Waals surface area contributed by atoms with Gasteiger partial charge in [0.1, 0.15) is 11.9 Å². The summed E-state index contributed by atoms with van der Waals surface area (Å²) in [6.07, 6.45) is 0.837. The fourth-order valence-electron chi connectivity index (χ4n) is 3.46. The largest absolute Gasteiger partial charge is 0.479 e. The smallest absolute Gasteiger partial charge is 0.279 e. The molecule has 3 rings (SSSR count). The van der Waals surface area contributed by atoms with E-state index in [2.05, 4.69) is 48.8 Å². The molecule has 0 bridgehead atoms. The Morgan fingerprint density at radius 1 is 1.37 bits per heavy atom. The Bertz CT molecular complexity index is 997. The van der Waals surface area contributed by atoms with Crippen molar-refractivity contribution in [1.29, 1.82) is 0 Å². The van der Waals surface area contributed by atoms with Crippen molar-refractivity contribution in [3.63, 3.8) is 0 Å². The third kappa shape index (κ3) is 4.23. The number of hydrogen-bond acceptors (Lipinski definition) is 7. The molecular weight excluding hydrogens is 420 g/mol. The summed E-state index contributed by atoms with van der Waals surface area (Å²) < 4.78 is 21.1. The molecule has 4 atom stereocenters. The van der Waals surface area contributed by atoms with Crippen molar-refractivity contribution in [2.75, 3.05) is 0 Å². The highest BCUT2D eigenvalue weighted by molar-refractivity contribution is 7.80. The highest BCUT2D eigenvalue weighted by Gasteiger charge is 2.52. The molecule has 1 N–H and O–H groups in total. The van der Waals surface area contributed by atoms with E-state index in [9.17, 15) is 4.79 Å². The van der Waals surface area contributed by atoms with E-state index in [0.717, 1.165) is 6.42 Å². The Hall–Kier alpha value is -1.62. The third-order valence-electron chi connectivity index (χ3n) is 6.05. The summed E-state index contributed by atoms with van der Waals surface area (Å²) in [6, 6.07) is 0. The molecule has 1 fully saturated rings. The van der Waals surface area contributed by atoms with Crippen molar-refractivity contribution in [2.24, 2.45) is 0 Å². The first-order chi connectivity index (χ1) is 13.9. The number of ether oxygens (including phenoxy) is 2. The number of H-pyrrole nitrogens is 1. The number of nitrogens with one attached hydrogen (secondary N) is 1. The van der Waals surface area contributed by atoms with Crippen molar-refractivity contribution in [3.05, 3.63) is 22.5 Å². The Kier molecular flexibility index (Phi) is 6.25. The zero-order valence-corrected chi connectivity index (χ0v) is 20.8. The molecule has 0 radical (unpaired) electrons. The quantitative estimate of drug-likeness (QED) is 0.544. The van der Waals surface area contributed by atoms with Crippen molar-refractivity contribution < 1.29 is 13.9 Å². The summed E-state index contributed by atoms with van der Waals surface area (Å²) in [5, 5.41) is 0.453. The number of aromatic nitrogens is 4. The SMILES string of the molecule is CC[C@H]1O[C@@H](n2cnc3c(=O)[nH]c(C)nc32)[C@@H](O[Si](C)(C)C(C)(C)C)C1OC(C)=S. The van der Waals surface area contributed by atoms with E-state index in [0.29, 0.717) is 16.5 Å². The second kappa shape index (κ2) is 8.14. The fourth-order valence-corrected chi connectivity index (χ4v) is 4.85. The molecule has 1 unspecified atom stereocenters. The summed E-state index contributed by atoms with van der Waals surface area (Å²) >= 11 is 5.25. The lowest BCUT2D eigenvalue weighted by Crippen LogP contribution is -2.49. The summed E-state index contributed by atoms with van der Waals surface area (Å²) in [6.45, 7) is 16.5. The van der Waals surface area contributed by atoms with E-state index in [-0.39, 0.29) is 28.3 Å². The van der Waals surface area contributed by atoms with Crippen LogP contribution < -0.4 is 5.56 Å². The van der Waals surface area contributed by atoms with E-state index >= 15 is 0 Å². The topological polar surface area (TPSA) is 91.3 Å². The van der Waals surface area contributed by atoms with Gasteiger partial charge in [-0.2, -0.15) is 0 Å². The average molecular weight is 453 g/mol. The van der Waals surface area contributed by atoms with E-state index in [1.807, 2.05) is 6.92 Å². The van der Waals surface area contributed by atoms with Gasteiger partial charge in [-0.15, -0.1) is 0 Å². The number of imidazole rings is 1. The van der Waals surface area contributed by atoms with Crippen molar-refractivity contribution >= 4 is 36.7 Å². The van der Waals surface area contributed by atoms with Crippen LogP contribution in [-0.2, 0) is 13.9 Å². The molecule has 0 aliphatic carbocycles. The molecule has 1 aliphatic heterocycles. The molecule has 1 saturated heterocycles. The number of nitrogens with zero attached hydrogens (tertiary/aromatic N) is 3. The molecule has 2 aromatic heterocycles. The molecule has 30 heavy (non-hydrogen) atoms. The van der Waals surface area contributed by atoms with Gasteiger partial charge in [-0.3, -0.25) is 9.36 Å². The van der Waals surface area contributed by atoms with Crippen LogP contribution in [0.1, 0.15) is 53.1 Å². The highest BCUT2D eigenvalue weighted by Crippen LogP contribution is 2.43. The molecule has 166 valence electrons. The molecular formula is C20H32N4O4SSi. The lowest BCUT2D eigenvalue weighted by atomic mass is 10.1. The second-order valence-electron chi connectivity index (χ2n) is 9.37. The summed E-state index contributed by atoms with van der Waals surface area (Å²) in [7, 11) is -2.17. The third-order valence-corrected chi connectivity index (χ3v) is 10.6. The van der Waals surface area contributed by atoms with Gasteiger partial charge in [0.2, 0.25) is 0 Å². The van der Waals surface area contributed by atoms with E-state index in [4.69, 9.17) is 26.1 Å². The van der Waals surface area contributed by atoms with Crippen LogP contribution in [0.4, 0.5) is 0 Å². The molecule has 0 amide bonds. The lowest BCUT2D eigenvalue weighted by molar-refractivity contribution is -0.0324. The van der Waals surface area contributed by atoms with Gasteiger partial charge in [-0.25, -0.2) is 9.97 Å². The maximum absolute atomic E-state index is 12.3. The van der Waals surface area contributed by atoms with Gasteiger partial charge < -0.3 is 18.9 Å². The Balaban J connectivity index is 2.11. The van der Waals surface area contributed by atoms with Crippen LogP contribution >= 0.6 is 12.2 Å². The van der Waals surface area contributed by atoms with Gasteiger partial charge in [0, 0.05) is 6.92 Å². The molecule has 8 nitrogen and oxygen atoms in total. The van der Waals surface area contributed by atoms with Crippen LogP contribution in [0.25, 0.3) is 11.2 Å². The molecule has 0 aromatic carbocycles. The minimum atomic E-state index is -2.17. The molecule has 2 aromatic rings.